The third-order valence-corrected chi connectivity index (χ3v) is 4.98. The summed E-state index contributed by atoms with van der Waals surface area (Å²) < 4.78 is 38.6. The highest BCUT2D eigenvalue weighted by Crippen LogP contribution is 1.96. The van der Waals surface area contributed by atoms with Crippen LogP contribution in [0.4, 0.5) is 0 Å². The molecule has 0 aromatic rings. The molecule has 0 rings (SSSR count). The second-order valence-electron chi connectivity index (χ2n) is 8.32. The molecular formula is C26H51NO9. The van der Waals surface area contributed by atoms with Gasteiger partial charge in [-0.2, -0.15) is 0 Å². The van der Waals surface area contributed by atoms with Crippen molar-refractivity contribution in [1.82, 2.24) is 4.90 Å². The highest BCUT2D eigenvalue weighted by Gasteiger charge is 2.06. The first-order chi connectivity index (χ1) is 17.6. The van der Waals surface area contributed by atoms with Gasteiger partial charge >= 0.3 is 0 Å². The van der Waals surface area contributed by atoms with E-state index in [1.165, 1.54) is 0 Å². The van der Waals surface area contributed by atoms with Crippen LogP contribution in [0.1, 0.15) is 46.5 Å². The zero-order valence-electron chi connectivity index (χ0n) is 23.0. The number of nitrogens with zero attached hydrogens (tertiary/aromatic N) is 1. The molecule has 0 saturated heterocycles. The van der Waals surface area contributed by atoms with Gasteiger partial charge in [-0.05, 0) is 33.6 Å². The van der Waals surface area contributed by atoms with Crippen LogP contribution in [0.2, 0.25) is 0 Å². The van der Waals surface area contributed by atoms with Crippen LogP contribution in [-0.4, -0.2) is 129 Å². The van der Waals surface area contributed by atoms with Crippen LogP contribution in [0.3, 0.4) is 0 Å². The summed E-state index contributed by atoms with van der Waals surface area (Å²) in [5.74, 6) is 0.378. The van der Waals surface area contributed by atoms with Gasteiger partial charge in [0.05, 0.1) is 72.7 Å². The number of rotatable bonds is 30. The summed E-state index contributed by atoms with van der Waals surface area (Å²) in [5, 5.41) is 0. The highest BCUT2D eigenvalue weighted by atomic mass is 16.6. The maximum atomic E-state index is 11.0. The lowest BCUT2D eigenvalue weighted by Crippen LogP contribution is -2.34. The Kier molecular flexibility index (Phi) is 27.8. The first-order valence-electron chi connectivity index (χ1n) is 13.3. The molecule has 0 spiro atoms. The first kappa shape index (κ1) is 35.0. The Labute approximate surface area is 218 Å². The molecule has 0 N–H and O–H groups in total. The van der Waals surface area contributed by atoms with Crippen LogP contribution in [0.25, 0.3) is 0 Å². The van der Waals surface area contributed by atoms with Crippen LogP contribution in [0.5, 0.6) is 0 Å². The molecule has 0 aliphatic rings. The molecule has 10 heteroatoms. The minimum atomic E-state index is 0.188. The average Bonchev–Trinajstić information content (AvgIpc) is 2.84. The highest BCUT2D eigenvalue weighted by molar-refractivity contribution is 5.75. The molecule has 0 aliphatic heterocycles. The second-order valence-corrected chi connectivity index (χ2v) is 8.32. The van der Waals surface area contributed by atoms with E-state index in [4.69, 9.17) is 33.2 Å². The van der Waals surface area contributed by atoms with Crippen molar-refractivity contribution in [1.29, 1.82) is 0 Å². The molecule has 214 valence electrons. The van der Waals surface area contributed by atoms with Gasteiger partial charge in [0.2, 0.25) is 0 Å². The van der Waals surface area contributed by atoms with Gasteiger partial charge < -0.3 is 42.7 Å². The van der Waals surface area contributed by atoms with E-state index in [-0.39, 0.29) is 11.6 Å². The molecule has 0 fully saturated rings. The Balaban J connectivity index is 3.86. The Morgan fingerprint density at radius 1 is 0.472 bits per heavy atom. The lowest BCUT2D eigenvalue weighted by Gasteiger charge is -2.22. The van der Waals surface area contributed by atoms with Gasteiger partial charge in [0.1, 0.15) is 11.6 Å². The van der Waals surface area contributed by atoms with Crippen molar-refractivity contribution >= 4 is 11.6 Å². The van der Waals surface area contributed by atoms with Crippen LogP contribution in [0, 0.1) is 0 Å². The predicted octanol–water partition coefficient (Wildman–Crippen LogP) is 2.16. The maximum Gasteiger partial charge on any atom is 0.129 e. The van der Waals surface area contributed by atoms with Crippen molar-refractivity contribution in [3.05, 3.63) is 0 Å². The van der Waals surface area contributed by atoms with Gasteiger partial charge in [-0.1, -0.05) is 0 Å². The molecule has 0 bridgehead atoms. The molecule has 36 heavy (non-hydrogen) atoms. The van der Waals surface area contributed by atoms with Crippen molar-refractivity contribution in [2.45, 2.75) is 46.5 Å². The monoisotopic (exact) mass is 521 g/mol. The fourth-order valence-corrected chi connectivity index (χ4v) is 2.99. The number of hydrogen-bond donors (Lipinski definition) is 0. The Hall–Kier alpha value is -0.980. The SMILES string of the molecule is CCOCCOCCOCCOCCN(CCOCCCC(C)=O)CCOCCOCCCC(C)=O. The fraction of sp³-hybridized carbons (Fsp3) is 0.923. The lowest BCUT2D eigenvalue weighted by molar-refractivity contribution is -0.118. The molecule has 0 unspecified atom stereocenters. The number of hydrogen-bond acceptors (Lipinski definition) is 10. The summed E-state index contributed by atoms with van der Waals surface area (Å²) in [7, 11) is 0. The second kappa shape index (κ2) is 28.6. The summed E-state index contributed by atoms with van der Waals surface area (Å²) in [6, 6.07) is 0. The van der Waals surface area contributed by atoms with E-state index in [9.17, 15) is 9.59 Å². The predicted molar refractivity (Wildman–Crippen MR) is 138 cm³/mol. The van der Waals surface area contributed by atoms with E-state index in [1.807, 2.05) is 6.92 Å². The van der Waals surface area contributed by atoms with Gasteiger partial charge in [-0.25, -0.2) is 0 Å². The van der Waals surface area contributed by atoms with Crippen molar-refractivity contribution in [2.24, 2.45) is 0 Å². The summed E-state index contributed by atoms with van der Waals surface area (Å²) in [6.45, 7) is 15.5. The largest absolute Gasteiger partial charge is 0.380 e. The van der Waals surface area contributed by atoms with Crippen LogP contribution in [-0.2, 0) is 42.7 Å². The number of ketones is 2. The molecule has 0 heterocycles. The van der Waals surface area contributed by atoms with Gasteiger partial charge in [0.25, 0.3) is 0 Å². The maximum absolute atomic E-state index is 11.0. The van der Waals surface area contributed by atoms with Gasteiger partial charge in [0.15, 0.2) is 0 Å². The summed E-state index contributed by atoms with van der Waals surface area (Å²) in [5.41, 5.74) is 0. The standard InChI is InChI=1S/C26H51NO9/c1-4-30-17-18-35-23-24-36-22-21-34-16-11-27(9-14-31-12-5-7-25(2)28)10-15-33-20-19-32-13-6-8-26(3)29/h4-24H2,1-3H3. The third-order valence-electron chi connectivity index (χ3n) is 4.98. The Bertz CT molecular complexity index is 494. The molecule has 0 aromatic carbocycles. The summed E-state index contributed by atoms with van der Waals surface area (Å²) >= 11 is 0. The number of ether oxygens (including phenoxy) is 7. The zero-order valence-corrected chi connectivity index (χ0v) is 23.0. The fourth-order valence-electron chi connectivity index (χ4n) is 2.99. The average molecular weight is 522 g/mol. The van der Waals surface area contributed by atoms with Crippen LogP contribution in [0.15, 0.2) is 0 Å². The van der Waals surface area contributed by atoms with E-state index >= 15 is 0 Å². The molecule has 0 radical (unpaired) electrons. The number of carbonyl (C=O) groups is 2. The van der Waals surface area contributed by atoms with Gasteiger partial charge in [-0.3, -0.25) is 4.90 Å². The third kappa shape index (κ3) is 29.3. The molecule has 0 aliphatic carbocycles. The normalized spacial score (nSPS) is 11.4. The van der Waals surface area contributed by atoms with Crippen molar-refractivity contribution in [3.63, 3.8) is 0 Å². The minimum absolute atomic E-state index is 0.188. The van der Waals surface area contributed by atoms with Gasteiger partial charge in [-0.15, -0.1) is 0 Å². The van der Waals surface area contributed by atoms with Gasteiger partial charge in [0, 0.05) is 52.3 Å². The molecule has 0 atom stereocenters. The first-order valence-corrected chi connectivity index (χ1v) is 13.3. The van der Waals surface area contributed by atoms with E-state index in [1.54, 1.807) is 13.8 Å². The zero-order chi connectivity index (χ0) is 26.5. The van der Waals surface area contributed by atoms with Crippen LogP contribution < -0.4 is 0 Å². The summed E-state index contributed by atoms with van der Waals surface area (Å²) in [4.78, 5) is 24.2. The lowest BCUT2D eigenvalue weighted by atomic mass is 10.2. The van der Waals surface area contributed by atoms with E-state index in [0.717, 1.165) is 32.5 Å². The van der Waals surface area contributed by atoms with Crippen LogP contribution >= 0.6 is 0 Å². The molecular weight excluding hydrogens is 470 g/mol. The quantitative estimate of drug-likeness (QED) is 0.131. The van der Waals surface area contributed by atoms with E-state index in [0.29, 0.717) is 105 Å². The molecule has 0 saturated carbocycles. The van der Waals surface area contributed by atoms with Crippen molar-refractivity contribution in [2.75, 3.05) is 112 Å². The smallest absolute Gasteiger partial charge is 0.129 e. The molecule has 0 aromatic heterocycles. The summed E-state index contributed by atoms with van der Waals surface area (Å²) in [6.07, 6.45) is 2.63. The number of carbonyl (C=O) groups excluding carboxylic acids is 2. The van der Waals surface area contributed by atoms with E-state index < -0.39 is 0 Å². The molecule has 10 nitrogen and oxygen atoms in total. The minimum Gasteiger partial charge on any atom is -0.380 e. The van der Waals surface area contributed by atoms with Crippen molar-refractivity contribution in [3.8, 4) is 0 Å². The topological polar surface area (TPSA) is 102 Å². The molecule has 0 amide bonds. The van der Waals surface area contributed by atoms with E-state index in [2.05, 4.69) is 4.90 Å². The Morgan fingerprint density at radius 3 is 1.14 bits per heavy atom. The van der Waals surface area contributed by atoms with Crippen molar-refractivity contribution < 1.29 is 42.7 Å². The number of Topliss-reactive ketones (excluding diaryl/α,β-unsaturated/α-hetero) is 2. The Morgan fingerprint density at radius 2 is 0.778 bits per heavy atom.